The highest BCUT2D eigenvalue weighted by atomic mass is 16.5. The Morgan fingerprint density at radius 1 is 1.04 bits per heavy atom. The third-order valence-corrected chi connectivity index (χ3v) is 3.35. The van der Waals surface area contributed by atoms with Crippen molar-refractivity contribution >= 4 is 17.5 Å². The fourth-order valence-corrected chi connectivity index (χ4v) is 2.17. The van der Waals surface area contributed by atoms with Crippen LogP contribution in [-0.2, 0) is 0 Å². The maximum atomic E-state index is 12.4. The van der Waals surface area contributed by atoms with Crippen molar-refractivity contribution in [3.8, 4) is 11.5 Å². The van der Waals surface area contributed by atoms with E-state index >= 15 is 0 Å². The van der Waals surface area contributed by atoms with Crippen molar-refractivity contribution in [3.63, 3.8) is 0 Å². The van der Waals surface area contributed by atoms with Crippen LogP contribution < -0.4 is 20.1 Å². The molecule has 0 heterocycles. The predicted molar refractivity (Wildman–Crippen MR) is 91.9 cm³/mol. The van der Waals surface area contributed by atoms with E-state index in [1.807, 2.05) is 6.92 Å². The molecule has 0 unspecified atom stereocenters. The van der Waals surface area contributed by atoms with E-state index in [9.17, 15) is 9.59 Å². The highest BCUT2D eigenvalue weighted by molar-refractivity contribution is 6.05. The van der Waals surface area contributed by atoms with Crippen LogP contribution in [0, 0.1) is 0 Å². The summed E-state index contributed by atoms with van der Waals surface area (Å²) in [5, 5.41) is 5.32. The van der Waals surface area contributed by atoms with Gasteiger partial charge in [-0.1, -0.05) is 6.07 Å². The van der Waals surface area contributed by atoms with Crippen molar-refractivity contribution in [3.05, 3.63) is 53.6 Å². The van der Waals surface area contributed by atoms with Gasteiger partial charge in [-0.2, -0.15) is 0 Å². The molecule has 0 aliphatic heterocycles. The van der Waals surface area contributed by atoms with E-state index in [0.717, 1.165) is 0 Å². The third kappa shape index (κ3) is 4.04. The van der Waals surface area contributed by atoms with E-state index in [2.05, 4.69) is 10.6 Å². The van der Waals surface area contributed by atoms with Gasteiger partial charge in [0.2, 0.25) is 0 Å². The summed E-state index contributed by atoms with van der Waals surface area (Å²) in [4.78, 5) is 24.1. The maximum absolute atomic E-state index is 12.4. The largest absolute Gasteiger partial charge is 0.495 e. The Balaban J connectivity index is 2.22. The average Bonchev–Trinajstić information content (AvgIpc) is 2.61. The molecule has 2 aromatic carbocycles. The number of anilines is 1. The van der Waals surface area contributed by atoms with Gasteiger partial charge in [-0.25, -0.2) is 0 Å². The van der Waals surface area contributed by atoms with E-state index in [0.29, 0.717) is 34.9 Å². The zero-order chi connectivity index (χ0) is 17.5. The number of nitrogens with one attached hydrogen (secondary N) is 2. The minimum absolute atomic E-state index is 0.226. The van der Waals surface area contributed by atoms with Crippen molar-refractivity contribution in [2.24, 2.45) is 0 Å². The molecular weight excluding hydrogens is 308 g/mol. The molecule has 0 bridgehead atoms. The zero-order valence-electron chi connectivity index (χ0n) is 13.9. The molecule has 2 N–H and O–H groups in total. The van der Waals surface area contributed by atoms with Crippen LogP contribution in [0.2, 0.25) is 0 Å². The summed E-state index contributed by atoms with van der Waals surface area (Å²) in [5.41, 5.74) is 1.40. The fourth-order valence-electron chi connectivity index (χ4n) is 2.17. The van der Waals surface area contributed by atoms with Crippen LogP contribution >= 0.6 is 0 Å². The van der Waals surface area contributed by atoms with Gasteiger partial charge in [-0.3, -0.25) is 9.59 Å². The summed E-state index contributed by atoms with van der Waals surface area (Å²) < 4.78 is 10.7. The molecule has 126 valence electrons. The summed E-state index contributed by atoms with van der Waals surface area (Å²) in [7, 11) is 3.03. The number of rotatable bonds is 6. The molecule has 0 aliphatic rings. The van der Waals surface area contributed by atoms with Crippen LogP contribution in [0.25, 0.3) is 0 Å². The molecule has 0 aliphatic carbocycles. The van der Waals surface area contributed by atoms with E-state index in [-0.39, 0.29) is 11.8 Å². The Morgan fingerprint density at radius 3 is 2.46 bits per heavy atom. The highest BCUT2D eigenvalue weighted by Gasteiger charge is 2.13. The number of benzene rings is 2. The van der Waals surface area contributed by atoms with Crippen LogP contribution in [0.4, 0.5) is 5.69 Å². The normalized spacial score (nSPS) is 9.96. The Morgan fingerprint density at radius 2 is 1.79 bits per heavy atom. The van der Waals surface area contributed by atoms with Crippen LogP contribution in [0.3, 0.4) is 0 Å². The Bertz CT molecular complexity index is 744. The minimum Gasteiger partial charge on any atom is -0.495 e. The van der Waals surface area contributed by atoms with Gasteiger partial charge in [0, 0.05) is 18.2 Å². The van der Waals surface area contributed by atoms with Crippen molar-refractivity contribution in [1.82, 2.24) is 5.32 Å². The maximum Gasteiger partial charge on any atom is 0.255 e. The molecule has 2 amide bonds. The predicted octanol–water partition coefficient (Wildman–Crippen LogP) is 2.71. The first-order chi connectivity index (χ1) is 11.6. The van der Waals surface area contributed by atoms with Gasteiger partial charge >= 0.3 is 0 Å². The lowest BCUT2D eigenvalue weighted by Crippen LogP contribution is -2.18. The second kappa shape index (κ2) is 8.01. The van der Waals surface area contributed by atoms with Crippen LogP contribution in [0.15, 0.2) is 42.5 Å². The first-order valence-corrected chi connectivity index (χ1v) is 7.53. The Labute approximate surface area is 140 Å². The fraction of sp³-hybridized carbons (Fsp3) is 0.222. The van der Waals surface area contributed by atoms with Crippen LogP contribution in [0.1, 0.15) is 27.6 Å². The quantitative estimate of drug-likeness (QED) is 0.855. The van der Waals surface area contributed by atoms with Gasteiger partial charge in [0.05, 0.1) is 19.4 Å². The van der Waals surface area contributed by atoms with Gasteiger partial charge in [-0.05, 0) is 43.3 Å². The minimum atomic E-state index is -0.289. The molecule has 6 nitrogen and oxygen atoms in total. The van der Waals surface area contributed by atoms with E-state index < -0.39 is 0 Å². The molecule has 0 atom stereocenters. The summed E-state index contributed by atoms with van der Waals surface area (Å²) >= 11 is 0. The Kier molecular flexibility index (Phi) is 5.78. The molecule has 2 rings (SSSR count). The molecule has 6 heteroatoms. The monoisotopic (exact) mass is 328 g/mol. The summed E-state index contributed by atoms with van der Waals surface area (Å²) in [6.45, 7) is 2.41. The highest BCUT2D eigenvalue weighted by Crippen LogP contribution is 2.26. The third-order valence-electron chi connectivity index (χ3n) is 3.35. The second-order valence-electron chi connectivity index (χ2n) is 4.91. The van der Waals surface area contributed by atoms with Gasteiger partial charge in [0.1, 0.15) is 11.5 Å². The van der Waals surface area contributed by atoms with Crippen LogP contribution in [-0.4, -0.2) is 32.6 Å². The molecule has 0 aromatic heterocycles. The van der Waals surface area contributed by atoms with E-state index in [1.54, 1.807) is 49.5 Å². The number of carbonyl (C=O) groups is 2. The second-order valence-corrected chi connectivity index (χ2v) is 4.91. The lowest BCUT2D eigenvalue weighted by atomic mass is 10.1. The molecule has 0 saturated carbocycles. The molecule has 0 saturated heterocycles. The molecule has 0 fully saturated rings. The van der Waals surface area contributed by atoms with E-state index in [1.165, 1.54) is 7.11 Å². The van der Waals surface area contributed by atoms with Gasteiger partial charge in [0.25, 0.3) is 11.8 Å². The lowest BCUT2D eigenvalue weighted by Gasteiger charge is -2.12. The average molecular weight is 328 g/mol. The number of hydrogen-bond donors (Lipinski definition) is 2. The molecule has 0 radical (unpaired) electrons. The van der Waals surface area contributed by atoms with Crippen molar-refractivity contribution in [2.75, 3.05) is 26.1 Å². The standard InChI is InChI=1S/C18H20N2O4/c1-4-24-14-7-5-6-12(10-14)18(22)20-15-9-8-13(17(21)19-2)11-16(15)23-3/h5-11H,4H2,1-3H3,(H,19,21)(H,20,22). The van der Waals surface area contributed by atoms with Gasteiger partial charge < -0.3 is 20.1 Å². The SMILES string of the molecule is CCOc1cccc(C(=O)Nc2ccc(C(=O)NC)cc2OC)c1. The summed E-state index contributed by atoms with van der Waals surface area (Å²) in [6.07, 6.45) is 0. The molecule has 0 spiro atoms. The number of hydrogen-bond acceptors (Lipinski definition) is 4. The smallest absolute Gasteiger partial charge is 0.255 e. The first kappa shape index (κ1) is 17.3. The zero-order valence-corrected chi connectivity index (χ0v) is 13.9. The van der Waals surface area contributed by atoms with Crippen molar-refractivity contribution in [2.45, 2.75) is 6.92 Å². The summed E-state index contributed by atoms with van der Waals surface area (Å²) in [5.74, 6) is 0.524. The molecular formula is C18H20N2O4. The lowest BCUT2D eigenvalue weighted by molar-refractivity contribution is 0.0962. The Hall–Kier alpha value is -3.02. The number of amides is 2. The van der Waals surface area contributed by atoms with Crippen LogP contribution in [0.5, 0.6) is 11.5 Å². The van der Waals surface area contributed by atoms with Gasteiger partial charge in [0.15, 0.2) is 0 Å². The van der Waals surface area contributed by atoms with E-state index in [4.69, 9.17) is 9.47 Å². The number of methoxy groups -OCH3 is 1. The molecule has 2 aromatic rings. The number of ether oxygens (including phenoxy) is 2. The van der Waals surface area contributed by atoms with Crippen molar-refractivity contribution < 1.29 is 19.1 Å². The summed E-state index contributed by atoms with van der Waals surface area (Å²) in [6, 6.07) is 11.7. The molecule has 24 heavy (non-hydrogen) atoms. The van der Waals surface area contributed by atoms with Gasteiger partial charge in [-0.15, -0.1) is 0 Å². The topological polar surface area (TPSA) is 76.7 Å². The number of carbonyl (C=O) groups excluding carboxylic acids is 2. The first-order valence-electron chi connectivity index (χ1n) is 7.53. The van der Waals surface area contributed by atoms with Crippen molar-refractivity contribution in [1.29, 1.82) is 0 Å².